The van der Waals surface area contributed by atoms with Gasteiger partial charge >= 0.3 is 13.5 Å². The Bertz CT molecular complexity index is 461. The summed E-state index contributed by atoms with van der Waals surface area (Å²) in [5.41, 5.74) is 0. The predicted octanol–water partition coefficient (Wildman–Crippen LogP) is 2.82. The molecule has 0 fully saturated rings. The van der Waals surface area contributed by atoms with Crippen LogP contribution >= 0.6 is 7.52 Å². The number of hydrogen-bond donors (Lipinski definition) is 1. The molecule has 5 nitrogen and oxygen atoms in total. The molecule has 0 radical (unpaired) electrons. The van der Waals surface area contributed by atoms with Gasteiger partial charge in [0.2, 0.25) is 0 Å². The number of nitrogens with one attached hydrogen (secondary N) is 1. The van der Waals surface area contributed by atoms with Gasteiger partial charge in [0.05, 0.1) is 6.10 Å². The molecule has 0 bridgehead atoms. The van der Waals surface area contributed by atoms with Crippen molar-refractivity contribution in [2.24, 2.45) is 0 Å². The van der Waals surface area contributed by atoms with Crippen molar-refractivity contribution in [3.8, 4) is 5.75 Å². The summed E-state index contributed by atoms with van der Waals surface area (Å²) in [5.74, 6) is 0.0407. The smallest absolute Gasteiger partial charge is 0.323 e. The number of ether oxygens (including phenoxy) is 1. The summed E-state index contributed by atoms with van der Waals surface area (Å²) in [7, 11) is -3.12. The van der Waals surface area contributed by atoms with E-state index >= 15 is 0 Å². The number of carbonyl (C=O) groups excluding carboxylic acids is 1. The van der Waals surface area contributed by atoms with Gasteiger partial charge in [-0.2, -0.15) is 0 Å². The summed E-state index contributed by atoms with van der Waals surface area (Å²) in [5, 5.41) is 2.67. The van der Waals surface area contributed by atoms with Crippen LogP contribution in [-0.4, -0.2) is 24.8 Å². The highest BCUT2D eigenvalue weighted by molar-refractivity contribution is 7.56. The molecule has 0 spiro atoms. The highest BCUT2D eigenvalue weighted by atomic mass is 31.2. The Morgan fingerprint density at radius 3 is 2.32 bits per heavy atom. The fourth-order valence-electron chi connectivity index (χ4n) is 1.45. The average Bonchev–Trinajstić information content (AvgIpc) is 2.27. The fourth-order valence-corrected chi connectivity index (χ4v) is 2.83. The lowest BCUT2D eigenvalue weighted by Gasteiger charge is -2.21. The monoisotopic (exact) mass is 285 g/mol. The van der Waals surface area contributed by atoms with Crippen LogP contribution in [0.3, 0.4) is 0 Å². The molecule has 1 aromatic rings. The molecule has 19 heavy (non-hydrogen) atoms. The molecule has 106 valence electrons. The Morgan fingerprint density at radius 1 is 1.21 bits per heavy atom. The van der Waals surface area contributed by atoms with E-state index in [2.05, 4.69) is 5.09 Å². The van der Waals surface area contributed by atoms with Crippen molar-refractivity contribution in [2.75, 3.05) is 6.66 Å². The van der Waals surface area contributed by atoms with E-state index in [-0.39, 0.29) is 6.10 Å². The van der Waals surface area contributed by atoms with E-state index in [0.29, 0.717) is 5.75 Å². The Hall–Kier alpha value is -1.32. The molecule has 0 aliphatic carbocycles. The van der Waals surface area contributed by atoms with E-state index in [1.54, 1.807) is 45.0 Å². The van der Waals surface area contributed by atoms with Crippen molar-refractivity contribution in [1.82, 2.24) is 5.09 Å². The Balaban J connectivity index is 2.59. The Morgan fingerprint density at radius 2 is 1.79 bits per heavy atom. The average molecular weight is 285 g/mol. The molecule has 0 aliphatic rings. The topological polar surface area (TPSA) is 64.6 Å². The predicted molar refractivity (Wildman–Crippen MR) is 74.4 cm³/mol. The van der Waals surface area contributed by atoms with Gasteiger partial charge in [0, 0.05) is 6.66 Å². The normalized spacial score (nSPS) is 15.6. The SMILES string of the molecule is CC(C)OC(=O)[C@H](C)NP(C)(=O)Oc1ccccc1. The first kappa shape index (κ1) is 15.7. The van der Waals surface area contributed by atoms with Crippen LogP contribution in [0.1, 0.15) is 20.8 Å². The van der Waals surface area contributed by atoms with Crippen LogP contribution in [0.25, 0.3) is 0 Å². The zero-order valence-electron chi connectivity index (χ0n) is 11.6. The summed E-state index contributed by atoms with van der Waals surface area (Å²) in [6.07, 6.45) is -0.206. The second-order valence-corrected chi connectivity index (χ2v) is 6.72. The minimum atomic E-state index is -3.12. The van der Waals surface area contributed by atoms with Crippen molar-refractivity contribution >= 4 is 13.5 Å². The quantitative estimate of drug-likeness (QED) is 0.643. The number of carbonyl (C=O) groups is 1. The van der Waals surface area contributed by atoms with Crippen molar-refractivity contribution in [2.45, 2.75) is 32.9 Å². The van der Waals surface area contributed by atoms with Gasteiger partial charge in [0.25, 0.3) is 0 Å². The van der Waals surface area contributed by atoms with Gasteiger partial charge < -0.3 is 9.26 Å². The lowest BCUT2D eigenvalue weighted by Crippen LogP contribution is -2.35. The third-order valence-corrected chi connectivity index (χ3v) is 3.57. The van der Waals surface area contributed by atoms with Gasteiger partial charge in [-0.1, -0.05) is 18.2 Å². The van der Waals surface area contributed by atoms with Crippen molar-refractivity contribution in [3.63, 3.8) is 0 Å². The van der Waals surface area contributed by atoms with Crippen LogP contribution in [0.4, 0.5) is 0 Å². The van der Waals surface area contributed by atoms with Crippen LogP contribution in [0.5, 0.6) is 5.75 Å². The number of rotatable bonds is 6. The zero-order chi connectivity index (χ0) is 14.5. The maximum absolute atomic E-state index is 12.2. The molecule has 0 saturated carbocycles. The number of para-hydroxylation sites is 1. The van der Waals surface area contributed by atoms with E-state index in [1.807, 2.05) is 6.07 Å². The Kier molecular flexibility index (Phi) is 5.58. The summed E-state index contributed by atoms with van der Waals surface area (Å²) >= 11 is 0. The number of esters is 1. The van der Waals surface area contributed by atoms with Gasteiger partial charge in [-0.3, -0.25) is 9.36 Å². The third-order valence-electron chi connectivity index (χ3n) is 2.16. The van der Waals surface area contributed by atoms with Crippen molar-refractivity contribution < 1.29 is 18.6 Å². The van der Waals surface area contributed by atoms with Crippen LogP contribution in [0.15, 0.2) is 30.3 Å². The van der Waals surface area contributed by atoms with Gasteiger partial charge in [-0.25, -0.2) is 5.09 Å². The van der Waals surface area contributed by atoms with E-state index in [0.717, 1.165) is 0 Å². The minimum Gasteiger partial charge on any atom is -0.462 e. The maximum Gasteiger partial charge on any atom is 0.323 e. The van der Waals surface area contributed by atoms with Crippen LogP contribution in [-0.2, 0) is 14.1 Å². The second kappa shape index (κ2) is 6.73. The summed E-state index contributed by atoms with van der Waals surface area (Å²) in [6.45, 7) is 6.54. The van der Waals surface area contributed by atoms with E-state index < -0.39 is 19.5 Å². The van der Waals surface area contributed by atoms with Crippen molar-refractivity contribution in [3.05, 3.63) is 30.3 Å². The summed E-state index contributed by atoms with van der Waals surface area (Å²) in [4.78, 5) is 11.6. The molecule has 2 atom stereocenters. The molecular formula is C13H20NO4P. The molecule has 0 aromatic heterocycles. The molecule has 0 heterocycles. The Labute approximate surface area is 113 Å². The van der Waals surface area contributed by atoms with Gasteiger partial charge in [0.15, 0.2) is 0 Å². The molecule has 0 saturated heterocycles. The van der Waals surface area contributed by atoms with Crippen LogP contribution in [0.2, 0.25) is 0 Å². The first-order valence-electron chi connectivity index (χ1n) is 6.10. The molecule has 1 aromatic carbocycles. The largest absolute Gasteiger partial charge is 0.462 e. The summed E-state index contributed by atoms with van der Waals surface area (Å²) < 4.78 is 22.6. The second-order valence-electron chi connectivity index (χ2n) is 4.59. The van der Waals surface area contributed by atoms with Gasteiger partial charge in [0.1, 0.15) is 11.8 Å². The lowest BCUT2D eigenvalue weighted by atomic mass is 10.3. The molecule has 0 amide bonds. The molecule has 6 heteroatoms. The van der Waals surface area contributed by atoms with Gasteiger partial charge in [-0.15, -0.1) is 0 Å². The zero-order valence-corrected chi connectivity index (χ0v) is 12.5. The third kappa shape index (κ3) is 5.90. The van der Waals surface area contributed by atoms with E-state index in [1.165, 1.54) is 6.66 Å². The van der Waals surface area contributed by atoms with E-state index in [4.69, 9.17) is 9.26 Å². The summed E-state index contributed by atoms with van der Waals surface area (Å²) in [6, 6.07) is 8.12. The van der Waals surface area contributed by atoms with Gasteiger partial charge in [-0.05, 0) is 32.9 Å². The fraction of sp³-hybridized carbons (Fsp3) is 0.462. The molecular weight excluding hydrogens is 265 g/mol. The number of hydrogen-bond acceptors (Lipinski definition) is 4. The maximum atomic E-state index is 12.2. The lowest BCUT2D eigenvalue weighted by molar-refractivity contribution is -0.149. The molecule has 1 unspecified atom stereocenters. The van der Waals surface area contributed by atoms with Crippen LogP contribution in [0, 0.1) is 0 Å². The molecule has 1 N–H and O–H groups in total. The van der Waals surface area contributed by atoms with Crippen molar-refractivity contribution in [1.29, 1.82) is 0 Å². The van der Waals surface area contributed by atoms with Crippen LogP contribution < -0.4 is 9.61 Å². The molecule has 0 aliphatic heterocycles. The molecule has 1 rings (SSSR count). The first-order valence-corrected chi connectivity index (χ1v) is 8.18. The first-order chi connectivity index (χ1) is 8.80. The van der Waals surface area contributed by atoms with E-state index in [9.17, 15) is 9.36 Å². The highest BCUT2D eigenvalue weighted by Gasteiger charge is 2.25. The standard InChI is InChI=1S/C13H20NO4P/c1-10(2)17-13(15)11(3)14-19(4,16)18-12-8-6-5-7-9-12/h5-11H,1-4H3,(H,14,16)/t11-,19?/m0/s1. The highest BCUT2D eigenvalue weighted by Crippen LogP contribution is 2.39. The number of benzene rings is 1. The minimum absolute atomic E-state index is 0.206.